The van der Waals surface area contributed by atoms with Gasteiger partial charge in [0.1, 0.15) is 11.9 Å². The Bertz CT molecular complexity index is 906. The number of hydrogen-bond donors (Lipinski definition) is 2. The molecule has 1 aliphatic carbocycles. The van der Waals surface area contributed by atoms with E-state index in [-0.39, 0.29) is 5.91 Å². The largest absolute Gasteiger partial charge is 0.386 e. The highest BCUT2D eigenvalue weighted by Crippen LogP contribution is 2.30. The van der Waals surface area contributed by atoms with Crippen molar-refractivity contribution in [2.45, 2.75) is 37.8 Å². The third-order valence-electron chi connectivity index (χ3n) is 5.07. The molecule has 5 heteroatoms. The number of aromatic nitrogens is 1. The number of rotatable bonds is 5. The summed E-state index contributed by atoms with van der Waals surface area (Å²) in [6, 6.07) is 18.2. The summed E-state index contributed by atoms with van der Waals surface area (Å²) < 4.78 is 5.37. The number of nitrogens with one attached hydrogen (secondary N) is 1. The van der Waals surface area contributed by atoms with Crippen LogP contribution in [-0.2, 0) is 12.8 Å². The van der Waals surface area contributed by atoms with Crippen LogP contribution in [0, 0.1) is 0 Å². The van der Waals surface area contributed by atoms with Gasteiger partial charge in [-0.2, -0.15) is 0 Å². The molecule has 1 heterocycles. The van der Waals surface area contributed by atoms with Gasteiger partial charge in [-0.1, -0.05) is 65.8 Å². The van der Waals surface area contributed by atoms with Crippen LogP contribution >= 0.6 is 0 Å². The Hall–Kier alpha value is -2.92. The van der Waals surface area contributed by atoms with E-state index in [4.69, 9.17) is 4.52 Å². The van der Waals surface area contributed by atoms with Gasteiger partial charge < -0.3 is 14.9 Å². The van der Waals surface area contributed by atoms with Crippen LogP contribution in [0.25, 0.3) is 0 Å². The zero-order valence-corrected chi connectivity index (χ0v) is 15.0. The standard InChI is InChI=1S/C22H22N2O3/c25-21(16-11-5-2-6-12-16)19(15-9-3-1-4-10-15)23-22(26)20-17-13-7-8-14-18(17)27-24-20/h1-6,9-12,19,21,25H,7-8,13-14H2,(H,23,26)/t19-,21+/m1/s1. The summed E-state index contributed by atoms with van der Waals surface area (Å²) in [6.45, 7) is 0. The lowest BCUT2D eigenvalue weighted by Crippen LogP contribution is -2.33. The van der Waals surface area contributed by atoms with E-state index in [1.165, 1.54) is 0 Å². The Morgan fingerprint density at radius 2 is 1.59 bits per heavy atom. The number of aliphatic hydroxyl groups is 1. The Morgan fingerprint density at radius 3 is 2.30 bits per heavy atom. The topological polar surface area (TPSA) is 75.4 Å². The second kappa shape index (κ2) is 7.76. The first kappa shape index (κ1) is 17.5. The molecule has 27 heavy (non-hydrogen) atoms. The molecule has 1 aromatic heterocycles. The van der Waals surface area contributed by atoms with Gasteiger partial charge in [-0.25, -0.2) is 0 Å². The molecular formula is C22H22N2O3. The molecule has 0 fully saturated rings. The van der Waals surface area contributed by atoms with Gasteiger partial charge in [-0.15, -0.1) is 0 Å². The van der Waals surface area contributed by atoms with Crippen LogP contribution in [0.3, 0.4) is 0 Å². The lowest BCUT2D eigenvalue weighted by atomic mass is 9.94. The number of nitrogens with zero attached hydrogens (tertiary/aromatic N) is 1. The summed E-state index contributed by atoms with van der Waals surface area (Å²) in [7, 11) is 0. The molecule has 0 radical (unpaired) electrons. The van der Waals surface area contributed by atoms with Crippen molar-refractivity contribution in [3.8, 4) is 0 Å². The number of benzene rings is 2. The number of amides is 1. The molecule has 5 nitrogen and oxygen atoms in total. The van der Waals surface area contributed by atoms with E-state index >= 15 is 0 Å². The highest BCUT2D eigenvalue weighted by molar-refractivity contribution is 5.94. The van der Waals surface area contributed by atoms with Crippen molar-refractivity contribution >= 4 is 5.91 Å². The zero-order chi connectivity index (χ0) is 18.6. The maximum atomic E-state index is 13.0. The molecule has 0 saturated heterocycles. The summed E-state index contributed by atoms with van der Waals surface area (Å²) in [5.74, 6) is 0.497. The molecule has 0 saturated carbocycles. The van der Waals surface area contributed by atoms with Gasteiger partial charge in [0, 0.05) is 12.0 Å². The van der Waals surface area contributed by atoms with Crippen LogP contribution in [0.1, 0.15) is 57.9 Å². The van der Waals surface area contributed by atoms with Gasteiger partial charge in [0.15, 0.2) is 5.69 Å². The van der Waals surface area contributed by atoms with Crippen molar-refractivity contribution in [3.05, 3.63) is 88.8 Å². The van der Waals surface area contributed by atoms with Gasteiger partial charge in [0.25, 0.3) is 5.91 Å². The number of carbonyl (C=O) groups is 1. The van der Waals surface area contributed by atoms with Gasteiger partial charge in [-0.05, 0) is 30.4 Å². The fraction of sp³-hybridized carbons (Fsp3) is 0.273. The molecule has 3 aromatic rings. The van der Waals surface area contributed by atoms with Crippen molar-refractivity contribution in [3.63, 3.8) is 0 Å². The number of aliphatic hydroxyl groups excluding tert-OH is 1. The summed E-state index contributed by atoms with van der Waals surface area (Å²) in [5, 5.41) is 17.9. The van der Waals surface area contributed by atoms with E-state index in [9.17, 15) is 9.90 Å². The first-order valence-electron chi connectivity index (χ1n) is 9.30. The van der Waals surface area contributed by atoms with E-state index in [1.54, 1.807) is 0 Å². The van der Waals surface area contributed by atoms with Crippen LogP contribution in [-0.4, -0.2) is 16.2 Å². The molecule has 0 aliphatic heterocycles. The summed E-state index contributed by atoms with van der Waals surface area (Å²) in [4.78, 5) is 13.0. The van der Waals surface area contributed by atoms with Gasteiger partial charge in [0.2, 0.25) is 0 Å². The predicted molar refractivity (Wildman–Crippen MR) is 101 cm³/mol. The molecule has 2 aromatic carbocycles. The van der Waals surface area contributed by atoms with Crippen LogP contribution in [0.2, 0.25) is 0 Å². The van der Waals surface area contributed by atoms with Crippen molar-refractivity contribution in [2.75, 3.05) is 0 Å². The zero-order valence-electron chi connectivity index (χ0n) is 15.0. The average Bonchev–Trinajstić information content (AvgIpc) is 3.17. The fourth-order valence-corrected chi connectivity index (χ4v) is 3.62. The first-order valence-corrected chi connectivity index (χ1v) is 9.30. The van der Waals surface area contributed by atoms with Crippen LogP contribution in [0.4, 0.5) is 0 Å². The molecule has 0 unspecified atom stereocenters. The first-order chi connectivity index (χ1) is 13.2. The third-order valence-corrected chi connectivity index (χ3v) is 5.07. The van der Waals surface area contributed by atoms with Crippen LogP contribution < -0.4 is 5.32 Å². The maximum Gasteiger partial charge on any atom is 0.274 e. The molecular weight excluding hydrogens is 340 g/mol. The average molecular weight is 362 g/mol. The second-order valence-electron chi connectivity index (χ2n) is 6.86. The number of aryl methyl sites for hydroxylation is 1. The summed E-state index contributed by atoms with van der Waals surface area (Å²) >= 11 is 0. The minimum Gasteiger partial charge on any atom is -0.386 e. The number of fused-ring (bicyclic) bond motifs is 1. The highest BCUT2D eigenvalue weighted by Gasteiger charge is 2.29. The van der Waals surface area contributed by atoms with E-state index in [0.717, 1.165) is 48.1 Å². The molecule has 2 atom stereocenters. The molecule has 0 spiro atoms. The number of hydrogen-bond acceptors (Lipinski definition) is 4. The summed E-state index contributed by atoms with van der Waals surface area (Å²) in [5.41, 5.74) is 2.82. The molecule has 1 amide bonds. The van der Waals surface area contributed by atoms with Crippen molar-refractivity contribution in [1.29, 1.82) is 0 Å². The Balaban J connectivity index is 1.63. The third kappa shape index (κ3) is 3.64. The van der Waals surface area contributed by atoms with Gasteiger partial charge in [0.05, 0.1) is 6.04 Å². The quantitative estimate of drug-likeness (QED) is 0.725. The van der Waals surface area contributed by atoms with Crippen molar-refractivity contribution in [1.82, 2.24) is 10.5 Å². The van der Waals surface area contributed by atoms with E-state index in [2.05, 4.69) is 10.5 Å². The smallest absolute Gasteiger partial charge is 0.274 e. The van der Waals surface area contributed by atoms with Crippen molar-refractivity contribution < 1.29 is 14.4 Å². The Morgan fingerprint density at radius 1 is 0.963 bits per heavy atom. The minimum absolute atomic E-state index is 0.314. The predicted octanol–water partition coefficient (Wildman–Crippen LogP) is 3.76. The number of carbonyl (C=O) groups excluding carboxylic acids is 1. The lowest BCUT2D eigenvalue weighted by Gasteiger charge is -2.25. The van der Waals surface area contributed by atoms with Crippen LogP contribution in [0.5, 0.6) is 0 Å². The van der Waals surface area contributed by atoms with Gasteiger partial charge in [-0.3, -0.25) is 4.79 Å². The Labute approximate surface area is 158 Å². The monoisotopic (exact) mass is 362 g/mol. The molecule has 1 aliphatic rings. The molecule has 2 N–H and O–H groups in total. The second-order valence-corrected chi connectivity index (χ2v) is 6.86. The molecule has 4 rings (SSSR count). The minimum atomic E-state index is -0.875. The van der Waals surface area contributed by atoms with E-state index in [0.29, 0.717) is 5.69 Å². The maximum absolute atomic E-state index is 13.0. The van der Waals surface area contributed by atoms with Gasteiger partial charge >= 0.3 is 0 Å². The SMILES string of the molecule is O=C(N[C@H](c1ccccc1)[C@@H](O)c1ccccc1)c1noc2c1CCCC2. The summed E-state index contributed by atoms with van der Waals surface area (Å²) in [6.07, 6.45) is 2.84. The van der Waals surface area contributed by atoms with Crippen LogP contribution in [0.15, 0.2) is 65.2 Å². The normalized spacial score (nSPS) is 15.6. The Kier molecular flexibility index (Phi) is 5.03. The van der Waals surface area contributed by atoms with E-state index in [1.807, 2.05) is 60.7 Å². The van der Waals surface area contributed by atoms with E-state index < -0.39 is 12.1 Å². The highest BCUT2D eigenvalue weighted by atomic mass is 16.5. The molecule has 0 bridgehead atoms. The lowest BCUT2D eigenvalue weighted by molar-refractivity contribution is 0.0822. The molecule has 138 valence electrons. The van der Waals surface area contributed by atoms with Crippen molar-refractivity contribution in [2.24, 2.45) is 0 Å². The fourth-order valence-electron chi connectivity index (χ4n) is 3.62.